The standard InChI is InChI=1S/C12H12FNOS/c13-10-5-3-9(4-6-10)12-14-11(8-16-12)2-1-7-15/h3-6,8,15H,1-2,7H2. The van der Waals surface area contributed by atoms with Crippen LogP contribution in [0.4, 0.5) is 4.39 Å². The van der Waals surface area contributed by atoms with Crippen molar-refractivity contribution in [2.24, 2.45) is 0 Å². The van der Waals surface area contributed by atoms with E-state index in [0.717, 1.165) is 29.1 Å². The normalized spacial score (nSPS) is 10.6. The Kier molecular flexibility index (Phi) is 3.64. The molecular formula is C12H12FNOS. The minimum atomic E-state index is -0.235. The number of rotatable bonds is 4. The molecule has 4 heteroatoms. The molecule has 0 aliphatic heterocycles. The SMILES string of the molecule is OCCCc1csc(-c2ccc(F)cc2)n1. The van der Waals surface area contributed by atoms with Crippen molar-refractivity contribution in [1.82, 2.24) is 4.98 Å². The summed E-state index contributed by atoms with van der Waals surface area (Å²) < 4.78 is 12.7. The van der Waals surface area contributed by atoms with Crippen LogP contribution in [0.2, 0.25) is 0 Å². The zero-order chi connectivity index (χ0) is 11.4. The predicted octanol–water partition coefficient (Wildman–Crippen LogP) is 2.87. The third kappa shape index (κ3) is 2.65. The number of thiazole rings is 1. The van der Waals surface area contributed by atoms with Crippen LogP contribution >= 0.6 is 11.3 Å². The number of nitrogens with zero attached hydrogens (tertiary/aromatic N) is 1. The molecule has 84 valence electrons. The van der Waals surface area contributed by atoms with Crippen LogP contribution in [-0.2, 0) is 6.42 Å². The molecule has 1 aromatic heterocycles. The summed E-state index contributed by atoms with van der Waals surface area (Å²) in [7, 11) is 0. The summed E-state index contributed by atoms with van der Waals surface area (Å²) in [5, 5.41) is 11.6. The van der Waals surface area contributed by atoms with Crippen molar-refractivity contribution < 1.29 is 9.50 Å². The number of hydrogen-bond acceptors (Lipinski definition) is 3. The first-order valence-electron chi connectivity index (χ1n) is 5.11. The maximum Gasteiger partial charge on any atom is 0.123 e. The van der Waals surface area contributed by atoms with E-state index in [0.29, 0.717) is 0 Å². The molecule has 0 spiro atoms. The summed E-state index contributed by atoms with van der Waals surface area (Å²) >= 11 is 1.54. The quantitative estimate of drug-likeness (QED) is 0.887. The highest BCUT2D eigenvalue weighted by molar-refractivity contribution is 7.13. The molecule has 2 aromatic rings. The monoisotopic (exact) mass is 237 g/mol. The van der Waals surface area contributed by atoms with Gasteiger partial charge in [-0.15, -0.1) is 11.3 Å². The Bertz CT molecular complexity index is 452. The maximum absolute atomic E-state index is 12.7. The van der Waals surface area contributed by atoms with Gasteiger partial charge in [0.05, 0.1) is 5.69 Å². The average molecular weight is 237 g/mol. The summed E-state index contributed by atoms with van der Waals surface area (Å²) in [5.74, 6) is -0.235. The number of halogens is 1. The van der Waals surface area contributed by atoms with E-state index in [9.17, 15) is 4.39 Å². The lowest BCUT2D eigenvalue weighted by Crippen LogP contribution is -1.89. The van der Waals surface area contributed by atoms with Crippen molar-refractivity contribution in [3.05, 3.63) is 41.2 Å². The second kappa shape index (κ2) is 5.18. The fourth-order valence-corrected chi connectivity index (χ4v) is 2.27. The lowest BCUT2D eigenvalue weighted by molar-refractivity contribution is 0.288. The van der Waals surface area contributed by atoms with Gasteiger partial charge in [0.2, 0.25) is 0 Å². The molecule has 0 unspecified atom stereocenters. The van der Waals surface area contributed by atoms with Crippen LogP contribution in [0.5, 0.6) is 0 Å². The van der Waals surface area contributed by atoms with Crippen LogP contribution in [0.15, 0.2) is 29.6 Å². The smallest absolute Gasteiger partial charge is 0.123 e. The van der Waals surface area contributed by atoms with Gasteiger partial charge < -0.3 is 5.11 Å². The maximum atomic E-state index is 12.7. The van der Waals surface area contributed by atoms with E-state index in [4.69, 9.17) is 5.11 Å². The molecule has 0 bridgehead atoms. The van der Waals surface area contributed by atoms with Crippen LogP contribution in [0.3, 0.4) is 0 Å². The van der Waals surface area contributed by atoms with Gasteiger partial charge in [0.15, 0.2) is 0 Å². The molecule has 0 saturated heterocycles. The van der Waals surface area contributed by atoms with Crippen LogP contribution in [0.1, 0.15) is 12.1 Å². The highest BCUT2D eigenvalue weighted by atomic mass is 32.1. The van der Waals surface area contributed by atoms with E-state index in [1.807, 2.05) is 5.38 Å². The fraction of sp³-hybridized carbons (Fsp3) is 0.250. The summed E-state index contributed by atoms with van der Waals surface area (Å²) in [6, 6.07) is 6.32. The number of hydrogen-bond donors (Lipinski definition) is 1. The van der Waals surface area contributed by atoms with E-state index >= 15 is 0 Å². The molecule has 0 saturated carbocycles. The van der Waals surface area contributed by atoms with Crippen LogP contribution in [0.25, 0.3) is 10.6 Å². The molecule has 0 atom stereocenters. The zero-order valence-electron chi connectivity index (χ0n) is 8.69. The summed E-state index contributed by atoms with van der Waals surface area (Å²) in [5.41, 5.74) is 1.92. The fourth-order valence-electron chi connectivity index (χ4n) is 1.41. The first kappa shape index (κ1) is 11.2. The van der Waals surface area contributed by atoms with E-state index in [-0.39, 0.29) is 12.4 Å². The Morgan fingerprint density at radius 1 is 1.25 bits per heavy atom. The Morgan fingerprint density at radius 3 is 2.69 bits per heavy atom. The minimum absolute atomic E-state index is 0.184. The average Bonchev–Trinajstić information content (AvgIpc) is 2.76. The predicted molar refractivity (Wildman–Crippen MR) is 62.9 cm³/mol. The molecule has 1 N–H and O–H groups in total. The van der Waals surface area contributed by atoms with Crippen molar-refractivity contribution in [3.63, 3.8) is 0 Å². The molecule has 2 rings (SSSR count). The first-order chi connectivity index (χ1) is 7.79. The van der Waals surface area contributed by atoms with Crippen molar-refractivity contribution in [3.8, 4) is 10.6 Å². The first-order valence-corrected chi connectivity index (χ1v) is 5.99. The molecular weight excluding hydrogens is 225 g/mol. The lowest BCUT2D eigenvalue weighted by Gasteiger charge is -1.95. The Balaban J connectivity index is 2.15. The van der Waals surface area contributed by atoms with Gasteiger partial charge in [0.1, 0.15) is 10.8 Å². The number of benzene rings is 1. The molecule has 1 heterocycles. The molecule has 1 aromatic carbocycles. The molecule has 0 radical (unpaired) electrons. The van der Waals surface area contributed by atoms with Gasteiger partial charge in [0, 0.05) is 17.6 Å². The molecule has 0 aliphatic carbocycles. The lowest BCUT2D eigenvalue weighted by atomic mass is 10.2. The summed E-state index contributed by atoms with van der Waals surface area (Å²) in [6.07, 6.45) is 1.51. The van der Waals surface area contributed by atoms with Crippen LogP contribution in [-0.4, -0.2) is 16.7 Å². The highest BCUT2D eigenvalue weighted by Crippen LogP contribution is 2.24. The van der Waals surface area contributed by atoms with Crippen molar-refractivity contribution >= 4 is 11.3 Å². The minimum Gasteiger partial charge on any atom is -0.396 e. The van der Waals surface area contributed by atoms with E-state index in [1.165, 1.54) is 12.1 Å². The van der Waals surface area contributed by atoms with Crippen molar-refractivity contribution in [2.45, 2.75) is 12.8 Å². The largest absolute Gasteiger partial charge is 0.396 e. The molecule has 0 aliphatic rings. The second-order valence-electron chi connectivity index (χ2n) is 3.48. The Morgan fingerprint density at radius 2 is 2.00 bits per heavy atom. The van der Waals surface area contributed by atoms with Gasteiger partial charge in [-0.05, 0) is 37.1 Å². The van der Waals surface area contributed by atoms with Gasteiger partial charge in [-0.1, -0.05) is 0 Å². The third-order valence-corrected chi connectivity index (χ3v) is 3.17. The highest BCUT2D eigenvalue weighted by Gasteiger charge is 2.04. The van der Waals surface area contributed by atoms with Gasteiger partial charge in [-0.25, -0.2) is 9.37 Å². The van der Waals surface area contributed by atoms with E-state index in [1.54, 1.807) is 23.5 Å². The topological polar surface area (TPSA) is 33.1 Å². The van der Waals surface area contributed by atoms with Crippen LogP contribution in [0, 0.1) is 5.82 Å². The molecule has 0 amide bonds. The number of aryl methyl sites for hydroxylation is 1. The van der Waals surface area contributed by atoms with E-state index in [2.05, 4.69) is 4.98 Å². The van der Waals surface area contributed by atoms with Crippen LogP contribution < -0.4 is 0 Å². The van der Waals surface area contributed by atoms with Gasteiger partial charge >= 0.3 is 0 Å². The van der Waals surface area contributed by atoms with E-state index < -0.39 is 0 Å². The molecule has 16 heavy (non-hydrogen) atoms. The third-order valence-electron chi connectivity index (χ3n) is 2.23. The van der Waals surface area contributed by atoms with Crippen molar-refractivity contribution in [1.29, 1.82) is 0 Å². The second-order valence-corrected chi connectivity index (χ2v) is 4.34. The number of aliphatic hydroxyl groups excluding tert-OH is 1. The van der Waals surface area contributed by atoms with Gasteiger partial charge in [-0.3, -0.25) is 0 Å². The van der Waals surface area contributed by atoms with Crippen molar-refractivity contribution in [2.75, 3.05) is 6.61 Å². The summed E-state index contributed by atoms with van der Waals surface area (Å²) in [4.78, 5) is 4.43. The number of aliphatic hydroxyl groups is 1. The molecule has 2 nitrogen and oxygen atoms in total. The van der Waals surface area contributed by atoms with Gasteiger partial charge in [0.25, 0.3) is 0 Å². The zero-order valence-corrected chi connectivity index (χ0v) is 9.51. The Hall–Kier alpha value is -1.26. The number of aromatic nitrogens is 1. The molecule has 0 fully saturated rings. The summed E-state index contributed by atoms with van der Waals surface area (Å²) in [6.45, 7) is 0.184. The van der Waals surface area contributed by atoms with Gasteiger partial charge in [-0.2, -0.15) is 0 Å². The Labute approximate surface area is 97.4 Å².